The lowest BCUT2D eigenvalue weighted by Crippen LogP contribution is -2.28. The number of carboxylic acid groups (broad SMARTS) is 1. The third kappa shape index (κ3) is 2.84. The first kappa shape index (κ1) is 11.2. The minimum Gasteiger partial charge on any atom is -0.478 e. The number of aliphatic carboxylic acids is 1. The molecule has 80 valence electrons. The Kier molecular flexibility index (Phi) is 3.69. The zero-order valence-corrected chi connectivity index (χ0v) is 8.99. The summed E-state index contributed by atoms with van der Waals surface area (Å²) in [5, 5.41) is 8.70. The number of nitrogens with zero attached hydrogens (tertiary/aromatic N) is 1. The van der Waals surface area contributed by atoms with Crippen LogP contribution in [0.3, 0.4) is 0 Å². The largest absolute Gasteiger partial charge is 0.478 e. The van der Waals surface area contributed by atoms with Gasteiger partial charge in [0.15, 0.2) is 0 Å². The van der Waals surface area contributed by atoms with E-state index < -0.39 is 5.97 Å². The molecule has 1 fully saturated rings. The second-order valence-electron chi connectivity index (χ2n) is 4.36. The van der Waals surface area contributed by atoms with E-state index in [4.69, 9.17) is 5.11 Å². The van der Waals surface area contributed by atoms with Crippen LogP contribution in [0.25, 0.3) is 0 Å². The van der Waals surface area contributed by atoms with E-state index in [0.717, 1.165) is 19.5 Å². The molecule has 1 heterocycles. The molecule has 0 bridgehead atoms. The topological polar surface area (TPSA) is 40.5 Å². The Labute approximate surface area is 85.4 Å². The average molecular weight is 197 g/mol. The monoisotopic (exact) mass is 197 g/mol. The highest BCUT2D eigenvalue weighted by Gasteiger charge is 2.25. The highest BCUT2D eigenvalue weighted by Crippen LogP contribution is 2.23. The van der Waals surface area contributed by atoms with E-state index in [-0.39, 0.29) is 0 Å². The molecule has 1 atom stereocenters. The molecular weight excluding hydrogens is 178 g/mol. The van der Waals surface area contributed by atoms with E-state index in [1.807, 2.05) is 0 Å². The second kappa shape index (κ2) is 4.60. The lowest BCUT2D eigenvalue weighted by Gasteiger charge is -2.20. The molecule has 0 aromatic carbocycles. The molecular formula is C11H19NO2. The summed E-state index contributed by atoms with van der Waals surface area (Å²) in [5.74, 6) is -0.367. The van der Waals surface area contributed by atoms with Gasteiger partial charge in [-0.3, -0.25) is 0 Å². The Morgan fingerprint density at radius 2 is 2.29 bits per heavy atom. The smallest absolute Gasteiger partial charge is 0.330 e. The number of hydrogen-bond acceptors (Lipinski definition) is 2. The lowest BCUT2D eigenvalue weighted by atomic mass is 10.00. The Balaban J connectivity index is 2.36. The third-order valence-electron chi connectivity index (χ3n) is 2.89. The fourth-order valence-corrected chi connectivity index (χ4v) is 1.93. The van der Waals surface area contributed by atoms with Gasteiger partial charge in [-0.2, -0.15) is 0 Å². The van der Waals surface area contributed by atoms with Gasteiger partial charge in [0.05, 0.1) is 0 Å². The van der Waals surface area contributed by atoms with Crippen molar-refractivity contribution in [3.05, 3.63) is 12.2 Å². The van der Waals surface area contributed by atoms with Crippen molar-refractivity contribution in [3.63, 3.8) is 0 Å². The van der Waals surface area contributed by atoms with E-state index in [0.29, 0.717) is 24.0 Å². The third-order valence-corrected chi connectivity index (χ3v) is 2.89. The van der Waals surface area contributed by atoms with Gasteiger partial charge in [0, 0.05) is 18.2 Å². The molecule has 1 unspecified atom stereocenters. The number of hydrogen-bond donors (Lipinski definition) is 1. The van der Waals surface area contributed by atoms with E-state index in [1.54, 1.807) is 0 Å². The summed E-state index contributed by atoms with van der Waals surface area (Å²) in [6, 6.07) is 0.568. The second-order valence-corrected chi connectivity index (χ2v) is 4.36. The molecule has 0 aromatic heterocycles. The first-order valence-electron chi connectivity index (χ1n) is 5.15. The molecule has 1 saturated heterocycles. The molecule has 14 heavy (non-hydrogen) atoms. The fraction of sp³-hybridized carbons (Fsp3) is 0.727. The van der Waals surface area contributed by atoms with Gasteiger partial charge >= 0.3 is 5.97 Å². The van der Waals surface area contributed by atoms with Gasteiger partial charge in [0.2, 0.25) is 0 Å². The van der Waals surface area contributed by atoms with Crippen LogP contribution in [0.4, 0.5) is 0 Å². The van der Waals surface area contributed by atoms with Crippen LogP contribution in [0.1, 0.15) is 26.7 Å². The van der Waals surface area contributed by atoms with Crippen LogP contribution in [0.5, 0.6) is 0 Å². The number of likely N-dealkylation sites (tertiary alicyclic amines) is 1. The zero-order valence-electron chi connectivity index (χ0n) is 8.99. The number of carboxylic acids is 1. The molecule has 0 aliphatic carbocycles. The summed E-state index contributed by atoms with van der Waals surface area (Å²) in [6.07, 6.45) is 1.74. The predicted molar refractivity (Wildman–Crippen MR) is 56.2 cm³/mol. The van der Waals surface area contributed by atoms with E-state index in [1.165, 1.54) is 0 Å². The Bertz CT molecular complexity index is 235. The predicted octanol–water partition coefficient (Wildman–Crippen LogP) is 1.75. The first-order valence-corrected chi connectivity index (χ1v) is 5.15. The van der Waals surface area contributed by atoms with Gasteiger partial charge in [-0.1, -0.05) is 6.58 Å². The molecule has 0 amide bonds. The van der Waals surface area contributed by atoms with Crippen molar-refractivity contribution >= 4 is 5.97 Å². The molecule has 1 rings (SSSR count). The van der Waals surface area contributed by atoms with E-state index >= 15 is 0 Å². The Hall–Kier alpha value is -0.830. The molecule has 0 spiro atoms. The van der Waals surface area contributed by atoms with Crippen molar-refractivity contribution in [1.29, 1.82) is 0 Å². The number of carbonyl (C=O) groups is 1. The highest BCUT2D eigenvalue weighted by molar-refractivity contribution is 5.85. The van der Waals surface area contributed by atoms with Gasteiger partial charge < -0.3 is 10.0 Å². The summed E-state index contributed by atoms with van der Waals surface area (Å²) < 4.78 is 0. The SMILES string of the molecule is C=C(CC1CCN(C(C)C)C1)C(=O)O. The fourth-order valence-electron chi connectivity index (χ4n) is 1.93. The summed E-state index contributed by atoms with van der Waals surface area (Å²) in [6.45, 7) is 10.0. The molecule has 0 saturated carbocycles. The molecule has 0 radical (unpaired) electrons. The van der Waals surface area contributed by atoms with Crippen LogP contribution in [-0.2, 0) is 4.79 Å². The van der Waals surface area contributed by atoms with Gasteiger partial charge in [-0.05, 0) is 39.2 Å². The van der Waals surface area contributed by atoms with E-state index in [2.05, 4.69) is 25.3 Å². The minimum absolute atomic E-state index is 0.348. The Morgan fingerprint density at radius 1 is 1.64 bits per heavy atom. The van der Waals surface area contributed by atoms with Gasteiger partial charge in [0.25, 0.3) is 0 Å². The van der Waals surface area contributed by atoms with Crippen LogP contribution in [0.15, 0.2) is 12.2 Å². The zero-order chi connectivity index (χ0) is 10.7. The summed E-state index contributed by atoms with van der Waals surface area (Å²) >= 11 is 0. The maximum absolute atomic E-state index is 10.6. The number of rotatable bonds is 4. The van der Waals surface area contributed by atoms with Crippen LogP contribution in [0.2, 0.25) is 0 Å². The summed E-state index contributed by atoms with van der Waals surface area (Å²) in [4.78, 5) is 13.0. The van der Waals surface area contributed by atoms with Crippen LogP contribution in [0, 0.1) is 5.92 Å². The first-order chi connectivity index (χ1) is 6.50. The van der Waals surface area contributed by atoms with Crippen molar-refractivity contribution in [2.45, 2.75) is 32.7 Å². The quantitative estimate of drug-likeness (QED) is 0.698. The van der Waals surface area contributed by atoms with Crippen molar-refractivity contribution in [2.24, 2.45) is 5.92 Å². The van der Waals surface area contributed by atoms with Gasteiger partial charge in [-0.15, -0.1) is 0 Å². The molecule has 0 aromatic rings. The summed E-state index contributed by atoms with van der Waals surface area (Å²) in [5.41, 5.74) is 0.348. The normalized spacial score (nSPS) is 22.9. The average Bonchev–Trinajstić information content (AvgIpc) is 2.52. The summed E-state index contributed by atoms with van der Waals surface area (Å²) in [7, 11) is 0. The van der Waals surface area contributed by atoms with Crippen molar-refractivity contribution < 1.29 is 9.90 Å². The standard InChI is InChI=1S/C11H19NO2/c1-8(2)12-5-4-10(7-12)6-9(3)11(13)14/h8,10H,3-7H2,1-2H3,(H,13,14). The van der Waals surface area contributed by atoms with E-state index in [9.17, 15) is 4.79 Å². The van der Waals surface area contributed by atoms with Gasteiger partial charge in [0.1, 0.15) is 0 Å². The van der Waals surface area contributed by atoms with Crippen LogP contribution in [-0.4, -0.2) is 35.1 Å². The highest BCUT2D eigenvalue weighted by atomic mass is 16.4. The molecule has 1 aliphatic rings. The molecule has 1 N–H and O–H groups in total. The van der Waals surface area contributed by atoms with Crippen molar-refractivity contribution in [1.82, 2.24) is 4.90 Å². The van der Waals surface area contributed by atoms with Crippen molar-refractivity contribution in [2.75, 3.05) is 13.1 Å². The lowest BCUT2D eigenvalue weighted by molar-refractivity contribution is -0.132. The minimum atomic E-state index is -0.854. The molecule has 1 aliphatic heterocycles. The van der Waals surface area contributed by atoms with Gasteiger partial charge in [-0.25, -0.2) is 4.79 Å². The van der Waals surface area contributed by atoms with Crippen molar-refractivity contribution in [3.8, 4) is 0 Å². The molecule has 3 nitrogen and oxygen atoms in total. The van der Waals surface area contributed by atoms with Crippen LogP contribution >= 0.6 is 0 Å². The maximum Gasteiger partial charge on any atom is 0.330 e. The van der Waals surface area contributed by atoms with Crippen LogP contribution < -0.4 is 0 Å². The Morgan fingerprint density at radius 3 is 2.71 bits per heavy atom. The maximum atomic E-state index is 10.6. The molecule has 3 heteroatoms.